The molecule has 0 spiro atoms. The van der Waals surface area contributed by atoms with Gasteiger partial charge in [-0.2, -0.15) is 0 Å². The molecule has 0 aromatic heterocycles. The van der Waals surface area contributed by atoms with Gasteiger partial charge in [0.25, 0.3) is 0 Å². The zero-order valence-corrected chi connectivity index (χ0v) is 12.2. The van der Waals surface area contributed by atoms with Crippen molar-refractivity contribution in [2.24, 2.45) is 11.3 Å². The second-order valence-corrected chi connectivity index (χ2v) is 5.51. The first-order chi connectivity index (χ1) is 8.31. The highest BCUT2D eigenvalue weighted by atomic mass is 16.6. The Bertz CT molecular complexity index is 247. The summed E-state index contributed by atoms with van der Waals surface area (Å²) in [5.41, 5.74) is 0.202. The summed E-state index contributed by atoms with van der Waals surface area (Å²) >= 11 is 0. The number of rotatable bonds is 7. The van der Waals surface area contributed by atoms with E-state index in [0.717, 1.165) is 12.8 Å². The van der Waals surface area contributed by atoms with Gasteiger partial charge in [0.15, 0.2) is 5.92 Å². The van der Waals surface area contributed by atoms with Gasteiger partial charge in [-0.3, -0.25) is 9.59 Å². The highest BCUT2D eigenvalue weighted by molar-refractivity contribution is 5.94. The molecule has 0 heterocycles. The zero-order chi connectivity index (χ0) is 14.2. The van der Waals surface area contributed by atoms with E-state index in [0.29, 0.717) is 6.42 Å². The minimum absolute atomic E-state index is 0.202. The molecule has 0 rings (SSSR count). The van der Waals surface area contributed by atoms with Crippen LogP contribution >= 0.6 is 0 Å². The maximum atomic E-state index is 11.7. The van der Waals surface area contributed by atoms with Crippen LogP contribution in [0.5, 0.6) is 0 Å². The van der Waals surface area contributed by atoms with Crippen molar-refractivity contribution in [2.75, 3.05) is 13.2 Å². The van der Waals surface area contributed by atoms with E-state index in [1.807, 2.05) is 0 Å². The molecule has 0 aliphatic rings. The molecule has 18 heavy (non-hydrogen) atoms. The molecule has 0 radical (unpaired) electrons. The molecule has 4 heteroatoms. The first-order valence-corrected chi connectivity index (χ1v) is 6.65. The number of hydrogen-bond acceptors (Lipinski definition) is 4. The van der Waals surface area contributed by atoms with Crippen LogP contribution in [0.1, 0.15) is 53.9 Å². The van der Waals surface area contributed by atoms with Crippen molar-refractivity contribution >= 4 is 11.9 Å². The van der Waals surface area contributed by atoms with E-state index in [-0.39, 0.29) is 18.6 Å². The molecule has 4 nitrogen and oxygen atoms in total. The Kier molecular flexibility index (Phi) is 7.64. The van der Waals surface area contributed by atoms with Gasteiger partial charge < -0.3 is 9.47 Å². The first kappa shape index (κ1) is 16.9. The van der Waals surface area contributed by atoms with Crippen LogP contribution in [0.2, 0.25) is 0 Å². The minimum atomic E-state index is -0.771. The van der Waals surface area contributed by atoms with Crippen LogP contribution in [0, 0.1) is 11.3 Å². The summed E-state index contributed by atoms with van der Waals surface area (Å²) in [6.07, 6.45) is 2.27. The van der Waals surface area contributed by atoms with Gasteiger partial charge in [0.05, 0.1) is 13.2 Å². The second-order valence-electron chi connectivity index (χ2n) is 5.51. The quantitative estimate of drug-likeness (QED) is 0.520. The van der Waals surface area contributed by atoms with Crippen molar-refractivity contribution in [1.29, 1.82) is 0 Å². The van der Waals surface area contributed by atoms with E-state index in [1.54, 1.807) is 13.8 Å². The van der Waals surface area contributed by atoms with Gasteiger partial charge >= 0.3 is 11.9 Å². The molecule has 0 aromatic carbocycles. The topological polar surface area (TPSA) is 52.6 Å². The monoisotopic (exact) mass is 258 g/mol. The van der Waals surface area contributed by atoms with E-state index in [1.165, 1.54) is 0 Å². The number of esters is 2. The van der Waals surface area contributed by atoms with Crippen LogP contribution in [-0.4, -0.2) is 25.2 Å². The molecule has 0 N–H and O–H groups in total. The SMILES string of the molecule is CCOC(=O)C(CCCC(C)(C)C)C(=O)OCC. The summed E-state index contributed by atoms with van der Waals surface area (Å²) in [7, 11) is 0. The summed E-state index contributed by atoms with van der Waals surface area (Å²) < 4.78 is 9.83. The molecule has 0 unspecified atom stereocenters. The molecule has 0 saturated carbocycles. The van der Waals surface area contributed by atoms with Crippen LogP contribution in [0.25, 0.3) is 0 Å². The third kappa shape index (κ3) is 7.30. The fourth-order valence-corrected chi connectivity index (χ4v) is 1.65. The Labute approximate surface area is 110 Å². The van der Waals surface area contributed by atoms with Crippen molar-refractivity contribution in [2.45, 2.75) is 53.9 Å². The molecule has 0 aliphatic carbocycles. The fraction of sp³-hybridized carbons (Fsp3) is 0.857. The van der Waals surface area contributed by atoms with Crippen LogP contribution in [0.4, 0.5) is 0 Å². The molecule has 0 amide bonds. The summed E-state index contributed by atoms with van der Waals surface area (Å²) in [6, 6.07) is 0. The van der Waals surface area contributed by atoms with Gasteiger partial charge in [0.1, 0.15) is 0 Å². The Morgan fingerprint density at radius 3 is 1.78 bits per heavy atom. The van der Waals surface area contributed by atoms with E-state index < -0.39 is 17.9 Å². The predicted molar refractivity (Wildman–Crippen MR) is 70.1 cm³/mol. The Morgan fingerprint density at radius 1 is 1.00 bits per heavy atom. The Balaban J connectivity index is 4.38. The zero-order valence-electron chi connectivity index (χ0n) is 12.2. The lowest BCUT2D eigenvalue weighted by Crippen LogP contribution is -2.28. The normalized spacial score (nSPS) is 11.4. The standard InChI is InChI=1S/C14H26O4/c1-6-17-12(15)11(13(16)18-7-2)9-8-10-14(3,4)5/h11H,6-10H2,1-5H3. The molecule has 0 aromatic rings. The summed E-state index contributed by atoms with van der Waals surface area (Å²) in [6.45, 7) is 10.4. The second kappa shape index (κ2) is 8.11. The summed E-state index contributed by atoms with van der Waals surface area (Å²) in [4.78, 5) is 23.4. The molecular formula is C14H26O4. The summed E-state index contributed by atoms with van der Waals surface area (Å²) in [5.74, 6) is -1.71. The third-order valence-electron chi connectivity index (χ3n) is 2.56. The number of ether oxygens (including phenoxy) is 2. The van der Waals surface area contributed by atoms with Crippen LogP contribution in [0.3, 0.4) is 0 Å². The van der Waals surface area contributed by atoms with E-state index in [2.05, 4.69) is 20.8 Å². The lowest BCUT2D eigenvalue weighted by atomic mass is 9.88. The van der Waals surface area contributed by atoms with Gasteiger partial charge in [-0.05, 0) is 32.1 Å². The van der Waals surface area contributed by atoms with Crippen molar-refractivity contribution < 1.29 is 19.1 Å². The average Bonchev–Trinajstić information content (AvgIpc) is 2.23. The Morgan fingerprint density at radius 2 is 1.44 bits per heavy atom. The largest absolute Gasteiger partial charge is 0.465 e. The van der Waals surface area contributed by atoms with Gasteiger partial charge in [0, 0.05) is 0 Å². The van der Waals surface area contributed by atoms with Gasteiger partial charge in [0.2, 0.25) is 0 Å². The van der Waals surface area contributed by atoms with Crippen molar-refractivity contribution in [3.63, 3.8) is 0 Å². The molecule has 0 fully saturated rings. The van der Waals surface area contributed by atoms with Crippen molar-refractivity contribution in [3.8, 4) is 0 Å². The molecule has 0 saturated heterocycles. The predicted octanol–water partition coefficient (Wildman–Crippen LogP) is 2.95. The highest BCUT2D eigenvalue weighted by Gasteiger charge is 2.29. The lowest BCUT2D eigenvalue weighted by molar-refractivity contribution is -0.162. The lowest BCUT2D eigenvalue weighted by Gasteiger charge is -2.19. The maximum Gasteiger partial charge on any atom is 0.320 e. The third-order valence-corrected chi connectivity index (χ3v) is 2.56. The molecule has 106 valence electrons. The Hall–Kier alpha value is -1.06. The van der Waals surface area contributed by atoms with E-state index >= 15 is 0 Å². The highest BCUT2D eigenvalue weighted by Crippen LogP contribution is 2.24. The minimum Gasteiger partial charge on any atom is -0.465 e. The molecule has 0 atom stereocenters. The van der Waals surface area contributed by atoms with Crippen LogP contribution in [0.15, 0.2) is 0 Å². The van der Waals surface area contributed by atoms with Gasteiger partial charge in [-0.25, -0.2) is 0 Å². The van der Waals surface area contributed by atoms with Crippen LogP contribution < -0.4 is 0 Å². The van der Waals surface area contributed by atoms with Gasteiger partial charge in [-0.1, -0.05) is 27.2 Å². The smallest absolute Gasteiger partial charge is 0.320 e. The summed E-state index contributed by atoms with van der Waals surface area (Å²) in [5, 5.41) is 0. The number of carbonyl (C=O) groups is 2. The molecule has 0 aliphatic heterocycles. The number of hydrogen-bond donors (Lipinski definition) is 0. The maximum absolute atomic E-state index is 11.7. The van der Waals surface area contributed by atoms with Crippen LogP contribution in [-0.2, 0) is 19.1 Å². The molecular weight excluding hydrogens is 232 g/mol. The number of carbonyl (C=O) groups excluding carboxylic acids is 2. The van der Waals surface area contributed by atoms with E-state index in [9.17, 15) is 9.59 Å². The fourth-order valence-electron chi connectivity index (χ4n) is 1.65. The van der Waals surface area contributed by atoms with Crippen molar-refractivity contribution in [3.05, 3.63) is 0 Å². The first-order valence-electron chi connectivity index (χ1n) is 6.65. The molecule has 0 bridgehead atoms. The van der Waals surface area contributed by atoms with Gasteiger partial charge in [-0.15, -0.1) is 0 Å². The average molecular weight is 258 g/mol. The van der Waals surface area contributed by atoms with E-state index in [4.69, 9.17) is 9.47 Å². The van der Waals surface area contributed by atoms with Crippen molar-refractivity contribution in [1.82, 2.24) is 0 Å².